The Morgan fingerprint density at radius 3 is 2.31 bits per heavy atom. The predicted octanol–water partition coefficient (Wildman–Crippen LogP) is 5.64. The minimum absolute atomic E-state index is 0.0709. The van der Waals surface area contributed by atoms with Crippen molar-refractivity contribution in [1.29, 1.82) is 0 Å². The minimum atomic E-state index is -0.282. The summed E-state index contributed by atoms with van der Waals surface area (Å²) in [5.74, 6) is -0.178. The molecule has 0 aliphatic rings. The highest BCUT2D eigenvalue weighted by molar-refractivity contribution is 8.00. The quantitative estimate of drug-likeness (QED) is 0.482. The van der Waals surface area contributed by atoms with E-state index in [2.05, 4.69) is 10.6 Å². The van der Waals surface area contributed by atoms with Crippen molar-refractivity contribution >= 4 is 46.6 Å². The molecule has 0 bridgehead atoms. The molecular formula is C23H21ClN2O2S. The van der Waals surface area contributed by atoms with Gasteiger partial charge in [0.05, 0.1) is 11.7 Å². The number of benzene rings is 3. The number of nitrogens with one attached hydrogen (secondary N) is 2. The van der Waals surface area contributed by atoms with Crippen LogP contribution in [0.4, 0.5) is 11.4 Å². The van der Waals surface area contributed by atoms with Gasteiger partial charge in [-0.2, -0.15) is 0 Å². The van der Waals surface area contributed by atoms with Crippen LogP contribution in [0, 0.1) is 0 Å². The number of rotatable bonds is 7. The number of carbonyl (C=O) groups is 2. The standard InChI is InChI=1S/C23H21ClN2O2S/c1-16(23(28)26-19-6-3-2-4-7-19)29-21-9-5-8-20(15-21)25-22(27)14-17-10-12-18(24)13-11-17/h2-13,15-16H,14H2,1H3,(H,25,27)(H,26,28). The third-order valence-corrected chi connectivity index (χ3v) is 5.46. The maximum atomic E-state index is 12.4. The zero-order valence-electron chi connectivity index (χ0n) is 15.9. The van der Waals surface area contributed by atoms with E-state index < -0.39 is 0 Å². The average molecular weight is 425 g/mol. The molecule has 1 unspecified atom stereocenters. The second-order valence-corrected chi connectivity index (χ2v) is 8.35. The molecule has 0 radical (unpaired) electrons. The summed E-state index contributed by atoms with van der Waals surface area (Å²) >= 11 is 7.31. The molecule has 0 aliphatic carbocycles. The molecule has 4 nitrogen and oxygen atoms in total. The lowest BCUT2D eigenvalue weighted by Crippen LogP contribution is -2.22. The van der Waals surface area contributed by atoms with Crippen LogP contribution in [-0.2, 0) is 16.0 Å². The minimum Gasteiger partial charge on any atom is -0.326 e. The third-order valence-electron chi connectivity index (χ3n) is 4.12. The van der Waals surface area contributed by atoms with Crippen LogP contribution in [0.2, 0.25) is 5.02 Å². The molecule has 2 amide bonds. The predicted molar refractivity (Wildman–Crippen MR) is 121 cm³/mol. The second kappa shape index (κ2) is 10.1. The number of para-hydroxylation sites is 1. The highest BCUT2D eigenvalue weighted by Crippen LogP contribution is 2.26. The molecule has 29 heavy (non-hydrogen) atoms. The van der Waals surface area contributed by atoms with Crippen molar-refractivity contribution in [2.45, 2.75) is 23.5 Å². The molecule has 0 aliphatic heterocycles. The maximum absolute atomic E-state index is 12.4. The summed E-state index contributed by atoms with van der Waals surface area (Å²) in [6, 6.07) is 24.1. The van der Waals surface area contributed by atoms with E-state index in [0.717, 1.165) is 16.1 Å². The number of hydrogen-bond donors (Lipinski definition) is 2. The Kier molecular flexibility index (Phi) is 7.33. The third kappa shape index (κ3) is 6.66. The van der Waals surface area contributed by atoms with Crippen molar-refractivity contribution in [2.24, 2.45) is 0 Å². The zero-order valence-corrected chi connectivity index (χ0v) is 17.5. The van der Waals surface area contributed by atoms with Gasteiger partial charge in [-0.05, 0) is 55.0 Å². The Bertz CT molecular complexity index is 978. The normalized spacial score (nSPS) is 11.5. The molecule has 3 aromatic carbocycles. The van der Waals surface area contributed by atoms with Crippen LogP contribution in [0.3, 0.4) is 0 Å². The summed E-state index contributed by atoms with van der Waals surface area (Å²) in [5, 5.41) is 6.16. The van der Waals surface area contributed by atoms with Crippen LogP contribution >= 0.6 is 23.4 Å². The smallest absolute Gasteiger partial charge is 0.237 e. The number of carbonyl (C=O) groups excluding carboxylic acids is 2. The molecule has 1 atom stereocenters. The number of thioether (sulfide) groups is 1. The summed E-state index contributed by atoms with van der Waals surface area (Å²) in [7, 11) is 0. The Balaban J connectivity index is 1.56. The summed E-state index contributed by atoms with van der Waals surface area (Å²) < 4.78 is 0. The topological polar surface area (TPSA) is 58.2 Å². The summed E-state index contributed by atoms with van der Waals surface area (Å²) in [5.41, 5.74) is 2.36. The SMILES string of the molecule is CC(Sc1cccc(NC(=O)Cc2ccc(Cl)cc2)c1)C(=O)Nc1ccccc1. The van der Waals surface area contributed by atoms with Gasteiger partial charge in [0.2, 0.25) is 11.8 Å². The van der Waals surface area contributed by atoms with Gasteiger partial charge in [-0.15, -0.1) is 11.8 Å². The zero-order chi connectivity index (χ0) is 20.6. The van der Waals surface area contributed by atoms with Crippen LogP contribution in [0.15, 0.2) is 83.8 Å². The van der Waals surface area contributed by atoms with E-state index >= 15 is 0 Å². The summed E-state index contributed by atoms with van der Waals surface area (Å²) in [4.78, 5) is 25.6. The molecule has 3 aromatic rings. The second-order valence-electron chi connectivity index (χ2n) is 6.49. The molecule has 0 saturated heterocycles. The van der Waals surface area contributed by atoms with Gasteiger partial charge < -0.3 is 10.6 Å². The van der Waals surface area contributed by atoms with Gasteiger partial charge >= 0.3 is 0 Å². The molecule has 0 fully saturated rings. The van der Waals surface area contributed by atoms with E-state index in [1.807, 2.05) is 73.7 Å². The molecule has 148 valence electrons. The number of anilines is 2. The van der Waals surface area contributed by atoms with E-state index in [4.69, 9.17) is 11.6 Å². The fourth-order valence-electron chi connectivity index (χ4n) is 2.66. The van der Waals surface area contributed by atoms with Crippen LogP contribution < -0.4 is 10.6 Å². The highest BCUT2D eigenvalue weighted by Gasteiger charge is 2.15. The fourth-order valence-corrected chi connectivity index (χ4v) is 3.72. The molecule has 0 spiro atoms. The fraction of sp³-hybridized carbons (Fsp3) is 0.130. The summed E-state index contributed by atoms with van der Waals surface area (Å²) in [6.45, 7) is 1.86. The average Bonchev–Trinajstić information content (AvgIpc) is 2.70. The van der Waals surface area contributed by atoms with E-state index in [1.165, 1.54) is 11.8 Å². The van der Waals surface area contributed by atoms with Gasteiger partial charge in [0.25, 0.3) is 0 Å². The van der Waals surface area contributed by atoms with E-state index in [-0.39, 0.29) is 23.5 Å². The Morgan fingerprint density at radius 1 is 0.897 bits per heavy atom. The first-order valence-electron chi connectivity index (χ1n) is 9.16. The number of halogens is 1. The largest absolute Gasteiger partial charge is 0.326 e. The first-order valence-corrected chi connectivity index (χ1v) is 10.4. The lowest BCUT2D eigenvalue weighted by molar-refractivity contribution is -0.116. The molecule has 3 rings (SSSR count). The molecule has 0 saturated carbocycles. The number of hydrogen-bond acceptors (Lipinski definition) is 3. The number of amides is 2. The molecule has 2 N–H and O–H groups in total. The van der Waals surface area contributed by atoms with Crippen LogP contribution in [0.25, 0.3) is 0 Å². The van der Waals surface area contributed by atoms with Crippen molar-refractivity contribution < 1.29 is 9.59 Å². The maximum Gasteiger partial charge on any atom is 0.237 e. The van der Waals surface area contributed by atoms with E-state index in [0.29, 0.717) is 10.7 Å². The van der Waals surface area contributed by atoms with Crippen LogP contribution in [0.1, 0.15) is 12.5 Å². The van der Waals surface area contributed by atoms with Gasteiger partial charge in [-0.3, -0.25) is 9.59 Å². The first kappa shape index (κ1) is 21.0. The van der Waals surface area contributed by atoms with Crippen LogP contribution in [0.5, 0.6) is 0 Å². The van der Waals surface area contributed by atoms with Crippen molar-refractivity contribution in [2.75, 3.05) is 10.6 Å². The monoisotopic (exact) mass is 424 g/mol. The van der Waals surface area contributed by atoms with Crippen molar-refractivity contribution in [3.8, 4) is 0 Å². The van der Waals surface area contributed by atoms with Gasteiger partial charge in [-0.25, -0.2) is 0 Å². The van der Waals surface area contributed by atoms with E-state index in [1.54, 1.807) is 12.1 Å². The van der Waals surface area contributed by atoms with Gasteiger partial charge in [0.1, 0.15) is 0 Å². The van der Waals surface area contributed by atoms with Crippen molar-refractivity contribution in [1.82, 2.24) is 0 Å². The molecule has 6 heteroatoms. The molecule has 0 aromatic heterocycles. The Morgan fingerprint density at radius 2 is 1.59 bits per heavy atom. The molecule has 0 heterocycles. The highest BCUT2D eigenvalue weighted by atomic mass is 35.5. The van der Waals surface area contributed by atoms with Crippen molar-refractivity contribution in [3.63, 3.8) is 0 Å². The van der Waals surface area contributed by atoms with Gasteiger partial charge in [0.15, 0.2) is 0 Å². The first-order chi connectivity index (χ1) is 14.0. The molecular weight excluding hydrogens is 404 g/mol. The Labute approximate surface area is 179 Å². The van der Waals surface area contributed by atoms with E-state index in [9.17, 15) is 9.59 Å². The van der Waals surface area contributed by atoms with Gasteiger partial charge in [-0.1, -0.05) is 48.0 Å². The Hall–Kier alpha value is -2.76. The lowest BCUT2D eigenvalue weighted by Gasteiger charge is -2.13. The van der Waals surface area contributed by atoms with Crippen LogP contribution in [-0.4, -0.2) is 17.1 Å². The van der Waals surface area contributed by atoms with Crippen molar-refractivity contribution in [3.05, 3.63) is 89.4 Å². The van der Waals surface area contributed by atoms with Gasteiger partial charge in [0, 0.05) is 21.3 Å². The summed E-state index contributed by atoms with van der Waals surface area (Å²) in [6.07, 6.45) is 0.268. The lowest BCUT2D eigenvalue weighted by atomic mass is 10.1.